The van der Waals surface area contributed by atoms with E-state index in [1.54, 1.807) is 0 Å². The van der Waals surface area contributed by atoms with Crippen molar-refractivity contribution in [2.45, 2.75) is 39.2 Å². The molecule has 0 spiro atoms. The van der Waals surface area contributed by atoms with Crippen molar-refractivity contribution in [2.75, 3.05) is 19.8 Å². The first-order chi connectivity index (χ1) is 8.86. The van der Waals surface area contributed by atoms with Crippen molar-refractivity contribution in [3.63, 3.8) is 0 Å². The molecular formula is C14H21N3O. The number of fused-ring (bicyclic) bond motifs is 1. The normalized spacial score (nSPS) is 23.1. The Bertz CT molecular complexity index is 410. The molecule has 18 heavy (non-hydrogen) atoms. The van der Waals surface area contributed by atoms with E-state index >= 15 is 0 Å². The van der Waals surface area contributed by atoms with E-state index in [0.29, 0.717) is 5.92 Å². The Hall–Kier alpha value is -1.00. The lowest BCUT2D eigenvalue weighted by Gasteiger charge is -2.20. The van der Waals surface area contributed by atoms with Crippen LogP contribution in [0.25, 0.3) is 0 Å². The molecule has 98 valence electrons. The second kappa shape index (κ2) is 5.33. The van der Waals surface area contributed by atoms with Gasteiger partial charge in [-0.2, -0.15) is 0 Å². The summed E-state index contributed by atoms with van der Waals surface area (Å²) in [6, 6.07) is 0. The van der Waals surface area contributed by atoms with Gasteiger partial charge in [-0.25, -0.2) is 9.97 Å². The third kappa shape index (κ3) is 2.40. The average molecular weight is 247 g/mol. The summed E-state index contributed by atoms with van der Waals surface area (Å²) >= 11 is 0. The number of aryl methyl sites for hydroxylation is 1. The first-order valence-electron chi connectivity index (χ1n) is 7.02. The fraction of sp³-hybridized carbons (Fsp3) is 0.714. The Morgan fingerprint density at radius 3 is 3.11 bits per heavy atom. The second-order valence-electron chi connectivity index (χ2n) is 5.23. The number of hydrogen-bond acceptors (Lipinski definition) is 4. The smallest absolute Gasteiger partial charge is 0.129 e. The quantitative estimate of drug-likeness (QED) is 0.873. The average Bonchev–Trinajstić information content (AvgIpc) is 2.90. The van der Waals surface area contributed by atoms with Crippen molar-refractivity contribution < 1.29 is 4.74 Å². The van der Waals surface area contributed by atoms with Crippen LogP contribution in [0.4, 0.5) is 0 Å². The maximum Gasteiger partial charge on any atom is 0.129 e. The van der Waals surface area contributed by atoms with Gasteiger partial charge in [-0.1, -0.05) is 6.92 Å². The van der Waals surface area contributed by atoms with Crippen LogP contribution in [0.5, 0.6) is 0 Å². The van der Waals surface area contributed by atoms with Crippen LogP contribution in [-0.4, -0.2) is 29.7 Å². The van der Waals surface area contributed by atoms with Crippen molar-refractivity contribution in [3.8, 4) is 0 Å². The van der Waals surface area contributed by atoms with Crippen LogP contribution >= 0.6 is 0 Å². The van der Waals surface area contributed by atoms with Crippen LogP contribution in [-0.2, 0) is 30.5 Å². The summed E-state index contributed by atoms with van der Waals surface area (Å²) in [6.07, 6.45) is 4.18. The first-order valence-corrected chi connectivity index (χ1v) is 7.02. The van der Waals surface area contributed by atoms with Gasteiger partial charge in [0.15, 0.2) is 0 Å². The molecule has 3 rings (SSSR count). The van der Waals surface area contributed by atoms with E-state index in [0.717, 1.165) is 57.8 Å². The Morgan fingerprint density at radius 2 is 2.33 bits per heavy atom. The van der Waals surface area contributed by atoms with Crippen LogP contribution in [0.2, 0.25) is 0 Å². The molecule has 0 saturated carbocycles. The Labute approximate surface area is 108 Å². The molecule has 0 radical (unpaired) electrons. The standard InChI is InChI=1S/C14H21N3O/c1-2-12-11-8-15-5-3-13(11)17-14(16-12)7-10-4-6-18-9-10/h10,15H,2-9H2,1H3. The SMILES string of the molecule is CCc1nc(CC2CCOC2)nc2c1CNCC2. The van der Waals surface area contributed by atoms with Crippen LogP contribution < -0.4 is 5.32 Å². The van der Waals surface area contributed by atoms with Gasteiger partial charge >= 0.3 is 0 Å². The van der Waals surface area contributed by atoms with Gasteiger partial charge in [0.1, 0.15) is 5.82 Å². The lowest BCUT2D eigenvalue weighted by molar-refractivity contribution is 0.185. The predicted molar refractivity (Wildman–Crippen MR) is 69.5 cm³/mol. The zero-order chi connectivity index (χ0) is 12.4. The molecule has 2 aliphatic heterocycles. The number of rotatable bonds is 3. The van der Waals surface area contributed by atoms with Gasteiger partial charge in [0.2, 0.25) is 0 Å². The minimum atomic E-state index is 0.620. The molecule has 1 N–H and O–H groups in total. The zero-order valence-corrected chi connectivity index (χ0v) is 11.0. The number of hydrogen-bond donors (Lipinski definition) is 1. The van der Waals surface area contributed by atoms with Gasteiger partial charge < -0.3 is 10.1 Å². The molecule has 2 aliphatic rings. The molecule has 4 nitrogen and oxygen atoms in total. The van der Waals surface area contributed by atoms with Crippen molar-refractivity contribution in [1.29, 1.82) is 0 Å². The maximum absolute atomic E-state index is 5.43. The third-order valence-electron chi connectivity index (χ3n) is 3.90. The Kier molecular flexibility index (Phi) is 3.57. The fourth-order valence-corrected chi connectivity index (χ4v) is 2.86. The van der Waals surface area contributed by atoms with E-state index in [2.05, 4.69) is 12.2 Å². The molecule has 0 amide bonds. The predicted octanol–water partition coefficient (Wildman–Crippen LogP) is 1.26. The Morgan fingerprint density at radius 1 is 1.39 bits per heavy atom. The highest BCUT2D eigenvalue weighted by atomic mass is 16.5. The van der Waals surface area contributed by atoms with E-state index in [-0.39, 0.29) is 0 Å². The van der Waals surface area contributed by atoms with Crippen molar-refractivity contribution in [3.05, 3.63) is 22.8 Å². The minimum Gasteiger partial charge on any atom is -0.381 e. The van der Waals surface area contributed by atoms with Crippen LogP contribution in [0.1, 0.15) is 36.1 Å². The van der Waals surface area contributed by atoms with Gasteiger partial charge in [-0.15, -0.1) is 0 Å². The molecule has 0 aromatic carbocycles. The van der Waals surface area contributed by atoms with E-state index < -0.39 is 0 Å². The highest BCUT2D eigenvalue weighted by Crippen LogP contribution is 2.20. The molecule has 1 saturated heterocycles. The summed E-state index contributed by atoms with van der Waals surface area (Å²) in [7, 11) is 0. The van der Waals surface area contributed by atoms with E-state index in [4.69, 9.17) is 14.7 Å². The summed E-state index contributed by atoms with van der Waals surface area (Å²) in [5.74, 6) is 1.65. The van der Waals surface area contributed by atoms with Gasteiger partial charge in [0.25, 0.3) is 0 Å². The van der Waals surface area contributed by atoms with Crippen LogP contribution in [0.3, 0.4) is 0 Å². The topological polar surface area (TPSA) is 47.0 Å². The summed E-state index contributed by atoms with van der Waals surface area (Å²) in [6.45, 7) is 5.94. The molecular weight excluding hydrogens is 226 g/mol. The molecule has 3 heterocycles. The number of aromatic nitrogens is 2. The zero-order valence-electron chi connectivity index (χ0n) is 11.0. The molecule has 1 unspecified atom stereocenters. The lowest BCUT2D eigenvalue weighted by atomic mass is 10.0. The van der Waals surface area contributed by atoms with E-state index in [1.807, 2.05) is 0 Å². The summed E-state index contributed by atoms with van der Waals surface area (Å²) in [4.78, 5) is 9.54. The number of nitrogens with one attached hydrogen (secondary N) is 1. The van der Waals surface area contributed by atoms with E-state index in [1.165, 1.54) is 17.0 Å². The molecule has 0 aliphatic carbocycles. The molecule has 1 aromatic heterocycles. The first kappa shape index (κ1) is 12.1. The minimum absolute atomic E-state index is 0.620. The van der Waals surface area contributed by atoms with Crippen molar-refractivity contribution in [2.24, 2.45) is 5.92 Å². The molecule has 0 bridgehead atoms. The molecule has 1 atom stereocenters. The van der Waals surface area contributed by atoms with Crippen molar-refractivity contribution >= 4 is 0 Å². The molecule has 1 aromatic rings. The highest BCUT2D eigenvalue weighted by molar-refractivity contribution is 5.28. The monoisotopic (exact) mass is 247 g/mol. The summed E-state index contributed by atoms with van der Waals surface area (Å²) < 4.78 is 5.43. The van der Waals surface area contributed by atoms with Crippen molar-refractivity contribution in [1.82, 2.24) is 15.3 Å². The number of ether oxygens (including phenoxy) is 1. The van der Waals surface area contributed by atoms with Gasteiger partial charge in [-0.3, -0.25) is 0 Å². The maximum atomic E-state index is 5.43. The fourth-order valence-electron chi connectivity index (χ4n) is 2.86. The van der Waals surface area contributed by atoms with Crippen LogP contribution in [0.15, 0.2) is 0 Å². The molecule has 1 fully saturated rings. The summed E-state index contributed by atoms with van der Waals surface area (Å²) in [5, 5.41) is 3.41. The third-order valence-corrected chi connectivity index (χ3v) is 3.90. The van der Waals surface area contributed by atoms with Gasteiger partial charge in [0, 0.05) is 50.4 Å². The lowest BCUT2D eigenvalue weighted by Crippen LogP contribution is -2.27. The summed E-state index contributed by atoms with van der Waals surface area (Å²) in [5.41, 5.74) is 3.85. The molecule has 4 heteroatoms. The second-order valence-corrected chi connectivity index (χ2v) is 5.23. The largest absolute Gasteiger partial charge is 0.381 e. The van der Waals surface area contributed by atoms with Gasteiger partial charge in [-0.05, 0) is 18.8 Å². The Balaban J connectivity index is 1.85. The van der Waals surface area contributed by atoms with E-state index in [9.17, 15) is 0 Å². The number of nitrogens with zero attached hydrogens (tertiary/aromatic N) is 2. The highest BCUT2D eigenvalue weighted by Gasteiger charge is 2.20. The van der Waals surface area contributed by atoms with Crippen LogP contribution in [0, 0.1) is 5.92 Å². The van der Waals surface area contributed by atoms with Gasteiger partial charge in [0.05, 0.1) is 5.69 Å².